The van der Waals surface area contributed by atoms with Crippen LogP contribution in [0.3, 0.4) is 0 Å². The first kappa shape index (κ1) is 35.3. The Morgan fingerprint density at radius 1 is 0.887 bits per heavy atom. The van der Waals surface area contributed by atoms with E-state index < -0.39 is 84.6 Å². The topological polar surface area (TPSA) is 204 Å². The minimum absolute atomic E-state index is 0.0266. The van der Waals surface area contributed by atoms with Crippen molar-refractivity contribution < 1.29 is 76.8 Å². The van der Waals surface area contributed by atoms with E-state index in [1.807, 2.05) is 0 Å². The largest absolute Gasteiger partial charge is 0.493 e. The number of hydrogen-bond acceptors (Lipinski definition) is 16. The summed E-state index contributed by atoms with van der Waals surface area (Å²) >= 11 is 0. The maximum absolute atomic E-state index is 13.7. The summed E-state index contributed by atoms with van der Waals surface area (Å²) in [5.74, 6) is -3.37. The van der Waals surface area contributed by atoms with Crippen molar-refractivity contribution >= 4 is 23.8 Å². The van der Waals surface area contributed by atoms with Gasteiger partial charge in [-0.25, -0.2) is 0 Å². The Morgan fingerprint density at radius 3 is 2.25 bits per heavy atom. The molecule has 0 aromatic heterocycles. The predicted molar refractivity (Wildman–Crippen MR) is 173 cm³/mol. The molecule has 6 aliphatic rings. The van der Waals surface area contributed by atoms with Gasteiger partial charge < -0.3 is 57.6 Å². The fraction of sp³-hybridized carbons (Fsp3) is 0.500. The van der Waals surface area contributed by atoms with E-state index in [1.165, 1.54) is 14.2 Å². The maximum Gasteiger partial charge on any atom is 0.313 e. The third kappa shape index (κ3) is 6.16. The zero-order chi connectivity index (χ0) is 37.1. The molecule has 0 radical (unpaired) electrons. The Morgan fingerprint density at radius 2 is 1.57 bits per heavy atom. The highest BCUT2D eigenvalue weighted by molar-refractivity contribution is 6.13. The Hall–Kier alpha value is -4.78. The molecular weight excluding hydrogens is 702 g/mol. The van der Waals surface area contributed by atoms with Crippen LogP contribution < -0.4 is 23.7 Å². The number of ether oxygens (including phenoxy) is 10. The van der Waals surface area contributed by atoms with Gasteiger partial charge in [0, 0.05) is 30.5 Å². The first-order valence-electron chi connectivity index (χ1n) is 17.1. The average molecular weight is 740 g/mol. The maximum atomic E-state index is 13.7. The zero-order valence-electron chi connectivity index (χ0n) is 28.8. The van der Waals surface area contributed by atoms with Crippen molar-refractivity contribution in [2.45, 2.75) is 62.4 Å². The van der Waals surface area contributed by atoms with Gasteiger partial charge in [0.25, 0.3) is 11.8 Å². The van der Waals surface area contributed by atoms with Crippen molar-refractivity contribution in [3.63, 3.8) is 0 Å². The van der Waals surface area contributed by atoms with Gasteiger partial charge in [0.15, 0.2) is 35.6 Å². The van der Waals surface area contributed by atoms with Crippen LogP contribution in [-0.2, 0) is 42.9 Å². The van der Waals surface area contributed by atoms with E-state index in [1.54, 1.807) is 31.2 Å². The van der Waals surface area contributed by atoms with Gasteiger partial charge in [-0.1, -0.05) is 0 Å². The van der Waals surface area contributed by atoms with Gasteiger partial charge in [0.2, 0.25) is 12.5 Å². The highest BCUT2D eigenvalue weighted by Gasteiger charge is 2.56. The number of carbonyl (C=O) groups is 4. The van der Waals surface area contributed by atoms with E-state index in [9.17, 15) is 29.4 Å². The van der Waals surface area contributed by atoms with Gasteiger partial charge in [-0.15, -0.1) is 0 Å². The molecule has 10 atom stereocenters. The Balaban J connectivity index is 1.13. The summed E-state index contributed by atoms with van der Waals surface area (Å²) in [4.78, 5) is 51.4. The number of benzene rings is 2. The lowest BCUT2D eigenvalue weighted by molar-refractivity contribution is -0.364. The number of methoxy groups -OCH3 is 2. The number of cyclic esters (lactones) is 1. The third-order valence-corrected chi connectivity index (χ3v) is 10.4. The van der Waals surface area contributed by atoms with Crippen molar-refractivity contribution in [3.05, 3.63) is 53.1 Å². The molecule has 6 unspecified atom stereocenters. The number of aliphatic hydroxyl groups excluding tert-OH is 2. The summed E-state index contributed by atoms with van der Waals surface area (Å²) in [5.41, 5.74) is 1.76. The van der Waals surface area contributed by atoms with Crippen molar-refractivity contribution in [3.8, 4) is 28.7 Å². The van der Waals surface area contributed by atoms with E-state index in [0.29, 0.717) is 28.2 Å². The number of hydrogen-bond donors (Lipinski definition) is 2. The fourth-order valence-corrected chi connectivity index (χ4v) is 7.84. The smallest absolute Gasteiger partial charge is 0.313 e. The Labute approximate surface area is 302 Å². The number of carbonyl (C=O) groups excluding carboxylic acids is 4. The Kier molecular flexibility index (Phi) is 9.24. The van der Waals surface area contributed by atoms with Crippen LogP contribution in [-0.4, -0.2) is 117 Å². The minimum Gasteiger partial charge on any atom is -0.493 e. The van der Waals surface area contributed by atoms with Crippen LogP contribution in [0.4, 0.5) is 0 Å². The zero-order valence-corrected chi connectivity index (χ0v) is 28.8. The number of esters is 2. The van der Waals surface area contributed by atoms with Crippen LogP contribution in [0.1, 0.15) is 42.1 Å². The van der Waals surface area contributed by atoms with E-state index in [2.05, 4.69) is 0 Å². The highest BCUT2D eigenvalue weighted by atomic mass is 16.8. The second-order valence-corrected chi connectivity index (χ2v) is 13.4. The molecular formula is C36H37NO16. The predicted octanol–water partition coefficient (Wildman–Crippen LogP) is 0.854. The number of imide groups is 1. The van der Waals surface area contributed by atoms with E-state index in [4.69, 9.17) is 47.4 Å². The third-order valence-electron chi connectivity index (χ3n) is 10.4. The lowest BCUT2D eigenvalue weighted by Crippen LogP contribution is -2.63. The molecule has 0 saturated carbocycles. The summed E-state index contributed by atoms with van der Waals surface area (Å²) in [6.45, 7) is 1.55. The molecule has 3 fully saturated rings. The summed E-state index contributed by atoms with van der Waals surface area (Å²) in [7, 11) is 2.76. The number of rotatable bonds is 9. The lowest BCUT2D eigenvalue weighted by atomic mass is 9.66. The summed E-state index contributed by atoms with van der Waals surface area (Å²) in [5, 5.41) is 22.2. The molecule has 5 aliphatic heterocycles. The Bertz CT molecular complexity index is 1820. The molecule has 2 amide bonds. The summed E-state index contributed by atoms with van der Waals surface area (Å²) in [6, 6.07) is 6.77. The minimum atomic E-state index is -1.50. The van der Waals surface area contributed by atoms with Crippen LogP contribution in [0.5, 0.6) is 28.7 Å². The van der Waals surface area contributed by atoms with Gasteiger partial charge in [-0.05, 0) is 47.9 Å². The van der Waals surface area contributed by atoms with Crippen LogP contribution >= 0.6 is 0 Å². The quantitative estimate of drug-likeness (QED) is 0.208. The molecule has 53 heavy (non-hydrogen) atoms. The standard InChI is InChI=1S/C36H37NO16/c1-15-46-13-24-34(50-15)30(41)31(42)36(51-24)53-32-18-11-21-20(48-14-49-21)10-17(18)28(29-19(32)12-47-35(29)43)16-8-22(44-2)33(23(9-16)45-3)52-27(40)6-7-37-25(38)4-5-26(37)39/h4-5,8-11,15,19,24,28-32,34,36,41-42H,6-7,12-14H2,1-3H3/t15?,19-,24?,28+,29-,30?,31?,32+,34?,36?/m0/s1. The van der Waals surface area contributed by atoms with Crippen LogP contribution in [0.15, 0.2) is 36.4 Å². The number of nitrogens with zero attached hydrogens (tertiary/aromatic N) is 1. The molecule has 2 aromatic rings. The van der Waals surface area contributed by atoms with Crippen LogP contribution in [0.25, 0.3) is 0 Å². The van der Waals surface area contributed by atoms with Crippen molar-refractivity contribution in [1.29, 1.82) is 0 Å². The molecule has 1 aliphatic carbocycles. The number of fused-ring (bicyclic) bond motifs is 4. The molecule has 17 nitrogen and oxygen atoms in total. The van der Waals surface area contributed by atoms with E-state index >= 15 is 0 Å². The van der Waals surface area contributed by atoms with Gasteiger partial charge in [-0.2, -0.15) is 0 Å². The van der Waals surface area contributed by atoms with E-state index in [0.717, 1.165) is 17.1 Å². The molecule has 8 rings (SSSR count). The first-order valence-corrected chi connectivity index (χ1v) is 17.1. The SMILES string of the molecule is COc1cc([C@@H]2c3cc4c(cc3[C@@H](OC3OC5COC(C)OC5C(O)C3O)[C@H]3COC(=O)[C@H]23)OCO4)cc(OC)c1OC(=O)CCN1C(=O)C=CC1=O. The average Bonchev–Trinajstić information content (AvgIpc) is 3.86. The van der Waals surface area contributed by atoms with E-state index in [-0.39, 0.29) is 50.2 Å². The molecule has 3 saturated heterocycles. The molecule has 0 bridgehead atoms. The number of amides is 2. The van der Waals surface area contributed by atoms with Crippen molar-refractivity contribution in [1.82, 2.24) is 4.90 Å². The van der Waals surface area contributed by atoms with Gasteiger partial charge >= 0.3 is 11.9 Å². The molecule has 282 valence electrons. The monoisotopic (exact) mass is 739 g/mol. The van der Waals surface area contributed by atoms with Crippen LogP contribution in [0, 0.1) is 11.8 Å². The molecule has 2 N–H and O–H groups in total. The summed E-state index contributed by atoms with van der Waals surface area (Å²) < 4.78 is 58.0. The second kappa shape index (κ2) is 13.9. The normalized spacial score (nSPS) is 32.5. The van der Waals surface area contributed by atoms with Crippen molar-refractivity contribution in [2.24, 2.45) is 11.8 Å². The van der Waals surface area contributed by atoms with Crippen LogP contribution in [0.2, 0.25) is 0 Å². The molecule has 2 aromatic carbocycles. The fourth-order valence-electron chi connectivity index (χ4n) is 7.84. The van der Waals surface area contributed by atoms with Crippen molar-refractivity contribution in [2.75, 3.05) is 40.8 Å². The molecule has 0 spiro atoms. The summed E-state index contributed by atoms with van der Waals surface area (Å²) in [6.07, 6.45) is -5.23. The van der Waals surface area contributed by atoms with Gasteiger partial charge in [0.05, 0.1) is 45.9 Å². The molecule has 17 heteroatoms. The molecule has 5 heterocycles. The van der Waals surface area contributed by atoms with Gasteiger partial charge in [-0.3, -0.25) is 24.1 Å². The highest BCUT2D eigenvalue weighted by Crippen LogP contribution is 2.57. The number of aliphatic hydroxyl groups is 2. The van der Waals surface area contributed by atoms with Gasteiger partial charge in [0.1, 0.15) is 24.4 Å². The second-order valence-electron chi connectivity index (χ2n) is 13.4. The lowest BCUT2D eigenvalue weighted by Gasteiger charge is -2.47. The first-order chi connectivity index (χ1) is 25.6.